The molecule has 1 aromatic heterocycles. The van der Waals surface area contributed by atoms with Crippen molar-refractivity contribution in [1.82, 2.24) is 4.98 Å². The van der Waals surface area contributed by atoms with E-state index in [1.807, 2.05) is 31.2 Å². The van der Waals surface area contributed by atoms with Crippen LogP contribution in [0.5, 0.6) is 0 Å². The van der Waals surface area contributed by atoms with Crippen molar-refractivity contribution in [3.8, 4) is 0 Å². The molecule has 0 aliphatic heterocycles. The largest absolute Gasteiger partial charge is 0.462 e. The Morgan fingerprint density at radius 2 is 1.80 bits per heavy atom. The van der Waals surface area contributed by atoms with E-state index >= 15 is 0 Å². The summed E-state index contributed by atoms with van der Waals surface area (Å²) in [5, 5.41) is 3.22. The molecule has 0 saturated carbocycles. The maximum absolute atomic E-state index is 12.8. The van der Waals surface area contributed by atoms with E-state index in [4.69, 9.17) is 4.74 Å². The lowest BCUT2D eigenvalue weighted by Crippen LogP contribution is -2.27. The minimum atomic E-state index is -0.417. The predicted octanol–water partition coefficient (Wildman–Crippen LogP) is 4.05. The molecule has 0 bridgehead atoms. The van der Waals surface area contributed by atoms with Gasteiger partial charge in [-0.15, -0.1) is 0 Å². The molecule has 0 aliphatic carbocycles. The summed E-state index contributed by atoms with van der Waals surface area (Å²) in [5.74, 6) is -0.487. The molecule has 0 unspecified atom stereocenters. The first-order valence-electron chi connectivity index (χ1n) is 8.64. The summed E-state index contributed by atoms with van der Waals surface area (Å²) in [4.78, 5) is 27.9. The van der Waals surface area contributed by atoms with Crippen molar-refractivity contribution in [3.05, 3.63) is 52.3 Å². The van der Waals surface area contributed by atoms with Gasteiger partial charge in [-0.25, -0.2) is 4.79 Å². The van der Waals surface area contributed by atoms with Crippen molar-refractivity contribution < 1.29 is 14.3 Å². The second-order valence-corrected chi connectivity index (χ2v) is 6.13. The normalized spacial score (nSPS) is 11.9. The average molecular weight is 342 g/mol. The fraction of sp³-hybridized carbons (Fsp3) is 0.400. The second kappa shape index (κ2) is 8.01. The van der Waals surface area contributed by atoms with Crippen molar-refractivity contribution in [1.29, 1.82) is 0 Å². The minimum Gasteiger partial charge on any atom is -0.462 e. The van der Waals surface area contributed by atoms with Gasteiger partial charge < -0.3 is 15.0 Å². The zero-order chi connectivity index (χ0) is 18.6. The number of hydrogen-bond acceptors (Lipinski definition) is 4. The summed E-state index contributed by atoms with van der Waals surface area (Å²) in [6, 6.07) is 7.61. The van der Waals surface area contributed by atoms with Gasteiger partial charge in [-0.1, -0.05) is 19.1 Å². The van der Waals surface area contributed by atoms with Crippen LogP contribution in [0.2, 0.25) is 0 Å². The van der Waals surface area contributed by atoms with Crippen molar-refractivity contribution in [3.63, 3.8) is 0 Å². The Hall–Kier alpha value is -2.56. The fourth-order valence-electron chi connectivity index (χ4n) is 2.87. The molecule has 0 amide bonds. The van der Waals surface area contributed by atoms with E-state index in [2.05, 4.69) is 17.2 Å². The predicted molar refractivity (Wildman–Crippen MR) is 99.5 cm³/mol. The Morgan fingerprint density at radius 3 is 2.36 bits per heavy atom. The molecule has 1 aromatic carbocycles. The van der Waals surface area contributed by atoms with Crippen molar-refractivity contribution >= 4 is 17.4 Å². The summed E-state index contributed by atoms with van der Waals surface area (Å²) in [7, 11) is 0. The number of H-pyrrole nitrogens is 1. The molecule has 2 rings (SSSR count). The third kappa shape index (κ3) is 4.10. The number of rotatable bonds is 7. The van der Waals surface area contributed by atoms with E-state index in [1.165, 1.54) is 5.56 Å². The molecule has 5 heteroatoms. The number of aryl methyl sites for hydroxylation is 2. The highest BCUT2D eigenvalue weighted by atomic mass is 16.5. The summed E-state index contributed by atoms with van der Waals surface area (Å²) < 4.78 is 5.07. The zero-order valence-electron chi connectivity index (χ0n) is 15.5. The van der Waals surface area contributed by atoms with Gasteiger partial charge in [0.25, 0.3) is 0 Å². The molecule has 134 valence electrons. The SMILES string of the molecule is CCOC(=O)c1c(C)[nH]c(C(=O)[C@H](C)Nc2ccc(CC)cc2)c1C. The van der Waals surface area contributed by atoms with Crippen LogP contribution in [-0.2, 0) is 11.2 Å². The lowest BCUT2D eigenvalue weighted by atomic mass is 10.0. The number of ketones is 1. The molecule has 5 nitrogen and oxygen atoms in total. The van der Waals surface area contributed by atoms with Crippen LogP contribution in [0, 0.1) is 13.8 Å². The van der Waals surface area contributed by atoms with Gasteiger partial charge in [-0.2, -0.15) is 0 Å². The van der Waals surface area contributed by atoms with Gasteiger partial charge in [-0.05, 0) is 57.4 Å². The van der Waals surface area contributed by atoms with Crippen LogP contribution >= 0.6 is 0 Å². The average Bonchev–Trinajstić information content (AvgIpc) is 2.89. The molecule has 25 heavy (non-hydrogen) atoms. The van der Waals surface area contributed by atoms with Gasteiger partial charge in [0.1, 0.15) is 0 Å². The van der Waals surface area contributed by atoms with E-state index < -0.39 is 12.0 Å². The number of aromatic nitrogens is 1. The first-order valence-corrected chi connectivity index (χ1v) is 8.64. The van der Waals surface area contributed by atoms with Gasteiger partial charge in [-0.3, -0.25) is 4.79 Å². The number of anilines is 1. The molecular formula is C20H26N2O3. The number of aromatic amines is 1. The third-order valence-corrected chi connectivity index (χ3v) is 4.30. The minimum absolute atomic E-state index is 0.0873. The maximum atomic E-state index is 12.8. The van der Waals surface area contributed by atoms with Crippen LogP contribution in [0.3, 0.4) is 0 Å². The highest BCUT2D eigenvalue weighted by Gasteiger charge is 2.25. The van der Waals surface area contributed by atoms with Crippen LogP contribution in [-0.4, -0.2) is 29.4 Å². The first kappa shape index (κ1) is 18.8. The first-order chi connectivity index (χ1) is 11.9. The summed E-state index contributed by atoms with van der Waals surface area (Å²) >= 11 is 0. The Balaban J connectivity index is 2.18. The fourth-order valence-corrected chi connectivity index (χ4v) is 2.87. The van der Waals surface area contributed by atoms with Gasteiger partial charge in [0.2, 0.25) is 5.78 Å². The standard InChI is InChI=1S/C20H26N2O3/c1-6-15-8-10-16(11-9-15)21-14(5)19(23)18-12(3)17(13(4)22-18)20(24)25-7-2/h8-11,14,21-22H,6-7H2,1-5H3/t14-/m0/s1. The highest BCUT2D eigenvalue weighted by Crippen LogP contribution is 2.21. The molecule has 1 atom stereocenters. The number of ether oxygens (including phenoxy) is 1. The van der Waals surface area contributed by atoms with Gasteiger partial charge >= 0.3 is 5.97 Å². The van der Waals surface area contributed by atoms with Gasteiger partial charge in [0.05, 0.1) is 23.9 Å². The van der Waals surface area contributed by atoms with Gasteiger partial charge in [0.15, 0.2) is 0 Å². The van der Waals surface area contributed by atoms with Gasteiger partial charge in [0, 0.05) is 11.4 Å². The topological polar surface area (TPSA) is 71.2 Å². The number of carbonyl (C=O) groups excluding carboxylic acids is 2. The summed E-state index contributed by atoms with van der Waals surface area (Å²) in [5.41, 5.74) is 4.33. The molecule has 0 aliphatic rings. The quantitative estimate of drug-likeness (QED) is 0.588. The summed E-state index contributed by atoms with van der Waals surface area (Å²) in [6.45, 7) is 9.53. The molecule has 2 N–H and O–H groups in total. The smallest absolute Gasteiger partial charge is 0.340 e. The maximum Gasteiger partial charge on any atom is 0.340 e. The molecule has 2 aromatic rings. The number of hydrogen-bond donors (Lipinski definition) is 2. The summed E-state index contributed by atoms with van der Waals surface area (Å²) in [6.07, 6.45) is 0.979. The van der Waals surface area contributed by atoms with Crippen molar-refractivity contribution in [2.45, 2.75) is 47.1 Å². The Morgan fingerprint density at radius 1 is 1.16 bits per heavy atom. The number of carbonyl (C=O) groups is 2. The van der Waals surface area contributed by atoms with E-state index in [0.29, 0.717) is 29.1 Å². The van der Waals surface area contributed by atoms with E-state index in [9.17, 15) is 9.59 Å². The molecule has 1 heterocycles. The molecule has 0 radical (unpaired) electrons. The van der Waals surface area contributed by atoms with Crippen LogP contribution in [0.1, 0.15) is 58.4 Å². The van der Waals surface area contributed by atoms with Crippen molar-refractivity contribution in [2.75, 3.05) is 11.9 Å². The molecule has 0 saturated heterocycles. The van der Waals surface area contributed by atoms with E-state index in [0.717, 1.165) is 12.1 Å². The second-order valence-electron chi connectivity index (χ2n) is 6.13. The third-order valence-electron chi connectivity index (χ3n) is 4.30. The number of Topliss-reactive ketones (excluding diaryl/α,β-unsaturated/α-hetero) is 1. The molecular weight excluding hydrogens is 316 g/mol. The monoisotopic (exact) mass is 342 g/mol. The number of esters is 1. The lowest BCUT2D eigenvalue weighted by Gasteiger charge is -2.14. The molecule has 0 spiro atoms. The van der Waals surface area contributed by atoms with Crippen molar-refractivity contribution in [2.24, 2.45) is 0 Å². The Kier molecular flexibility index (Phi) is 6.02. The number of nitrogens with one attached hydrogen (secondary N) is 2. The van der Waals surface area contributed by atoms with Crippen LogP contribution in [0.15, 0.2) is 24.3 Å². The van der Waals surface area contributed by atoms with Crippen LogP contribution < -0.4 is 5.32 Å². The van der Waals surface area contributed by atoms with E-state index in [-0.39, 0.29) is 5.78 Å². The van der Waals surface area contributed by atoms with Crippen LogP contribution in [0.25, 0.3) is 0 Å². The Bertz CT molecular complexity index is 760. The highest BCUT2D eigenvalue weighted by molar-refractivity contribution is 6.04. The van der Waals surface area contributed by atoms with Crippen LogP contribution in [0.4, 0.5) is 5.69 Å². The van der Waals surface area contributed by atoms with E-state index in [1.54, 1.807) is 20.8 Å². The molecule has 0 fully saturated rings. The Labute approximate surface area is 148 Å². The zero-order valence-corrected chi connectivity index (χ0v) is 15.5. The lowest BCUT2D eigenvalue weighted by molar-refractivity contribution is 0.0525. The number of benzene rings is 1.